The lowest BCUT2D eigenvalue weighted by molar-refractivity contribution is -0.144. The van der Waals surface area contributed by atoms with Crippen molar-refractivity contribution in [2.24, 2.45) is 5.92 Å². The molecule has 20 heavy (non-hydrogen) atoms. The Bertz CT molecular complexity index is 505. The molecule has 110 valence electrons. The highest BCUT2D eigenvalue weighted by Crippen LogP contribution is 2.21. The average Bonchev–Trinajstić information content (AvgIpc) is 3.00. The van der Waals surface area contributed by atoms with Crippen LogP contribution >= 0.6 is 11.3 Å². The summed E-state index contributed by atoms with van der Waals surface area (Å²) in [6.07, 6.45) is 0.129. The second-order valence-electron chi connectivity index (χ2n) is 4.58. The number of nitrogens with zero attached hydrogens (tertiary/aromatic N) is 2. The van der Waals surface area contributed by atoms with Crippen molar-refractivity contribution >= 4 is 28.3 Å². The predicted octanol–water partition coefficient (Wildman–Crippen LogP) is 0.216. The number of hydrogen-bond donors (Lipinski definition) is 2. The van der Waals surface area contributed by atoms with E-state index in [1.807, 2.05) is 6.92 Å². The van der Waals surface area contributed by atoms with Crippen LogP contribution in [0.15, 0.2) is 5.38 Å². The van der Waals surface area contributed by atoms with Gasteiger partial charge >= 0.3 is 5.97 Å². The number of nitrogen functional groups attached to an aromatic ring is 1. The van der Waals surface area contributed by atoms with E-state index in [1.165, 1.54) is 11.3 Å². The maximum atomic E-state index is 12.3. The average molecular weight is 299 g/mol. The molecule has 1 saturated heterocycles. The van der Waals surface area contributed by atoms with Gasteiger partial charge in [-0.25, -0.2) is 4.98 Å². The number of hydrogen-bond acceptors (Lipinski definition) is 6. The number of amides is 1. The molecule has 8 heteroatoms. The monoisotopic (exact) mass is 299 g/mol. The maximum absolute atomic E-state index is 12.3. The molecule has 1 aliphatic heterocycles. The highest BCUT2D eigenvalue weighted by Gasteiger charge is 2.39. The molecule has 0 spiro atoms. The maximum Gasteiger partial charge on any atom is 0.311 e. The van der Waals surface area contributed by atoms with Crippen molar-refractivity contribution < 1.29 is 19.4 Å². The molecule has 2 unspecified atom stereocenters. The van der Waals surface area contributed by atoms with Crippen LogP contribution in [0.4, 0.5) is 5.13 Å². The van der Waals surface area contributed by atoms with Gasteiger partial charge in [-0.05, 0) is 6.92 Å². The Hall–Kier alpha value is -1.67. The first kappa shape index (κ1) is 14.7. The van der Waals surface area contributed by atoms with Gasteiger partial charge in [-0.2, -0.15) is 0 Å². The molecule has 2 heterocycles. The number of carboxylic acid groups (broad SMARTS) is 1. The molecule has 1 aromatic heterocycles. The van der Waals surface area contributed by atoms with Crippen molar-refractivity contribution in [2.75, 3.05) is 25.5 Å². The first-order valence-electron chi connectivity index (χ1n) is 6.32. The number of ether oxygens (including phenoxy) is 1. The van der Waals surface area contributed by atoms with Crippen LogP contribution in [-0.4, -0.2) is 52.7 Å². The van der Waals surface area contributed by atoms with E-state index < -0.39 is 17.9 Å². The molecular weight excluding hydrogens is 282 g/mol. The van der Waals surface area contributed by atoms with E-state index in [0.29, 0.717) is 17.4 Å². The van der Waals surface area contributed by atoms with E-state index in [-0.39, 0.29) is 25.5 Å². The number of carbonyl (C=O) groups is 2. The highest BCUT2D eigenvalue weighted by molar-refractivity contribution is 7.13. The lowest BCUT2D eigenvalue weighted by atomic mass is 10.0. The van der Waals surface area contributed by atoms with Crippen LogP contribution in [0.1, 0.15) is 12.6 Å². The summed E-state index contributed by atoms with van der Waals surface area (Å²) in [6, 6.07) is -0.416. The molecule has 1 fully saturated rings. The fourth-order valence-electron chi connectivity index (χ4n) is 2.34. The minimum atomic E-state index is -0.934. The van der Waals surface area contributed by atoms with Gasteiger partial charge < -0.3 is 20.5 Å². The zero-order valence-electron chi connectivity index (χ0n) is 11.1. The number of nitrogens with two attached hydrogens (primary N) is 1. The molecule has 7 nitrogen and oxygen atoms in total. The standard InChI is InChI=1S/C12H17N3O4S/c1-2-15(9-5-19-4-8(9)11(17)18)10(16)3-7-6-20-12(13)14-7/h6,8-9H,2-5H2,1H3,(H2,13,14)(H,17,18). The van der Waals surface area contributed by atoms with Crippen molar-refractivity contribution in [2.45, 2.75) is 19.4 Å². The third-order valence-corrected chi connectivity index (χ3v) is 4.05. The predicted molar refractivity (Wildman–Crippen MR) is 73.4 cm³/mol. The van der Waals surface area contributed by atoms with Crippen LogP contribution in [0.5, 0.6) is 0 Å². The fourth-order valence-corrected chi connectivity index (χ4v) is 2.90. The Balaban J connectivity index is 2.07. The largest absolute Gasteiger partial charge is 0.481 e. The smallest absolute Gasteiger partial charge is 0.311 e. The van der Waals surface area contributed by atoms with Crippen molar-refractivity contribution in [3.63, 3.8) is 0 Å². The fraction of sp³-hybridized carbons (Fsp3) is 0.583. The SMILES string of the molecule is CCN(C(=O)Cc1csc(N)n1)C1COCC1C(=O)O. The van der Waals surface area contributed by atoms with Gasteiger partial charge in [-0.15, -0.1) is 11.3 Å². The van der Waals surface area contributed by atoms with Crippen molar-refractivity contribution in [1.82, 2.24) is 9.88 Å². The minimum Gasteiger partial charge on any atom is -0.481 e. The molecule has 0 saturated carbocycles. The molecule has 0 aliphatic carbocycles. The molecule has 3 N–H and O–H groups in total. The van der Waals surface area contributed by atoms with Gasteiger partial charge in [0.1, 0.15) is 5.92 Å². The number of aromatic nitrogens is 1. The number of thiazole rings is 1. The van der Waals surface area contributed by atoms with E-state index in [1.54, 1.807) is 10.3 Å². The van der Waals surface area contributed by atoms with Gasteiger partial charge in [0.25, 0.3) is 0 Å². The van der Waals surface area contributed by atoms with Gasteiger partial charge in [0.15, 0.2) is 5.13 Å². The molecular formula is C12H17N3O4S. The number of likely N-dealkylation sites (N-methyl/N-ethyl adjacent to an activating group) is 1. The topological polar surface area (TPSA) is 106 Å². The van der Waals surface area contributed by atoms with Crippen LogP contribution in [-0.2, 0) is 20.7 Å². The number of carbonyl (C=O) groups excluding carboxylic acids is 1. The van der Waals surface area contributed by atoms with E-state index in [4.69, 9.17) is 15.6 Å². The molecule has 0 bridgehead atoms. The number of aliphatic carboxylic acids is 1. The second-order valence-corrected chi connectivity index (χ2v) is 5.47. The molecule has 2 rings (SSSR count). The number of anilines is 1. The summed E-state index contributed by atoms with van der Waals surface area (Å²) in [4.78, 5) is 29.1. The molecule has 1 aliphatic rings. The number of carboxylic acids is 1. The summed E-state index contributed by atoms with van der Waals surface area (Å²) in [6.45, 7) is 2.67. The van der Waals surface area contributed by atoms with Gasteiger partial charge in [0.2, 0.25) is 5.91 Å². The van der Waals surface area contributed by atoms with Crippen LogP contribution in [0.3, 0.4) is 0 Å². The van der Waals surface area contributed by atoms with Crippen molar-refractivity contribution in [3.05, 3.63) is 11.1 Å². The lowest BCUT2D eigenvalue weighted by Crippen LogP contribution is -2.47. The summed E-state index contributed by atoms with van der Waals surface area (Å²) < 4.78 is 5.21. The summed E-state index contributed by atoms with van der Waals surface area (Å²) in [5.41, 5.74) is 6.14. The third kappa shape index (κ3) is 3.07. The summed E-state index contributed by atoms with van der Waals surface area (Å²) in [5.74, 6) is -1.75. The zero-order chi connectivity index (χ0) is 14.7. The van der Waals surface area contributed by atoms with Crippen LogP contribution in [0, 0.1) is 5.92 Å². The van der Waals surface area contributed by atoms with Crippen molar-refractivity contribution in [3.8, 4) is 0 Å². The molecule has 1 amide bonds. The number of rotatable bonds is 5. The molecule has 1 aromatic rings. The third-order valence-electron chi connectivity index (χ3n) is 3.33. The van der Waals surface area contributed by atoms with Gasteiger partial charge in [0, 0.05) is 11.9 Å². The van der Waals surface area contributed by atoms with Crippen LogP contribution in [0.25, 0.3) is 0 Å². The van der Waals surface area contributed by atoms with Crippen LogP contribution in [0.2, 0.25) is 0 Å². The zero-order valence-corrected chi connectivity index (χ0v) is 11.9. The van der Waals surface area contributed by atoms with Crippen LogP contribution < -0.4 is 5.73 Å². The molecule has 0 radical (unpaired) electrons. The Morgan fingerprint density at radius 2 is 2.35 bits per heavy atom. The Labute approximate surface area is 120 Å². The Kier molecular flexibility index (Phi) is 4.56. The van der Waals surface area contributed by atoms with Gasteiger partial charge in [-0.1, -0.05) is 0 Å². The minimum absolute atomic E-state index is 0.129. The summed E-state index contributed by atoms with van der Waals surface area (Å²) in [5, 5.41) is 11.3. The molecule has 0 aromatic carbocycles. The van der Waals surface area contributed by atoms with E-state index in [2.05, 4.69) is 4.98 Å². The first-order valence-corrected chi connectivity index (χ1v) is 7.20. The first-order chi connectivity index (χ1) is 9.52. The van der Waals surface area contributed by atoms with E-state index in [9.17, 15) is 9.59 Å². The molecule has 2 atom stereocenters. The summed E-state index contributed by atoms with van der Waals surface area (Å²) >= 11 is 1.28. The Morgan fingerprint density at radius 3 is 2.90 bits per heavy atom. The van der Waals surface area contributed by atoms with E-state index in [0.717, 1.165) is 0 Å². The normalized spacial score (nSPS) is 21.9. The van der Waals surface area contributed by atoms with Gasteiger partial charge in [-0.3, -0.25) is 9.59 Å². The quantitative estimate of drug-likeness (QED) is 0.805. The Morgan fingerprint density at radius 1 is 1.60 bits per heavy atom. The highest BCUT2D eigenvalue weighted by atomic mass is 32.1. The second kappa shape index (κ2) is 6.19. The van der Waals surface area contributed by atoms with Gasteiger partial charge in [0.05, 0.1) is 31.4 Å². The van der Waals surface area contributed by atoms with Crippen molar-refractivity contribution in [1.29, 1.82) is 0 Å². The lowest BCUT2D eigenvalue weighted by Gasteiger charge is -2.29. The van der Waals surface area contributed by atoms with E-state index >= 15 is 0 Å². The summed E-state index contributed by atoms with van der Waals surface area (Å²) in [7, 11) is 0.